The van der Waals surface area contributed by atoms with Crippen molar-refractivity contribution in [2.45, 2.75) is 27.2 Å². The van der Waals surface area contributed by atoms with Crippen LogP contribution in [0.3, 0.4) is 0 Å². The minimum absolute atomic E-state index is 0.0404. The van der Waals surface area contributed by atoms with Crippen LogP contribution in [0.2, 0.25) is 0 Å². The summed E-state index contributed by atoms with van der Waals surface area (Å²) in [6, 6.07) is 0. The van der Waals surface area contributed by atoms with Crippen molar-refractivity contribution in [3.63, 3.8) is 0 Å². The standard InChI is InChI=1S/C11H15IO3/c1-4-15-10(14)11(3)6-8(12)5-7(2)9(11)13/h5,7H,4,6H2,1-3H3. The number of carbonyl (C=O) groups is 2. The van der Waals surface area contributed by atoms with E-state index in [2.05, 4.69) is 22.6 Å². The molecule has 0 aromatic carbocycles. The zero-order valence-corrected chi connectivity index (χ0v) is 11.3. The summed E-state index contributed by atoms with van der Waals surface area (Å²) in [6.07, 6.45) is 2.37. The van der Waals surface area contributed by atoms with Gasteiger partial charge >= 0.3 is 5.97 Å². The van der Waals surface area contributed by atoms with Crippen LogP contribution in [-0.2, 0) is 14.3 Å². The normalized spacial score (nSPS) is 31.1. The van der Waals surface area contributed by atoms with E-state index >= 15 is 0 Å². The molecule has 0 radical (unpaired) electrons. The Morgan fingerprint density at radius 2 is 2.33 bits per heavy atom. The Bertz CT molecular complexity index is 322. The summed E-state index contributed by atoms with van der Waals surface area (Å²) >= 11 is 2.17. The Kier molecular flexibility index (Phi) is 3.92. The predicted molar refractivity (Wildman–Crippen MR) is 65.6 cm³/mol. The van der Waals surface area contributed by atoms with E-state index in [1.165, 1.54) is 0 Å². The summed E-state index contributed by atoms with van der Waals surface area (Å²) in [5, 5.41) is 0. The van der Waals surface area contributed by atoms with Gasteiger partial charge in [-0.25, -0.2) is 0 Å². The van der Waals surface area contributed by atoms with Crippen molar-refractivity contribution >= 4 is 34.3 Å². The summed E-state index contributed by atoms with van der Waals surface area (Å²) in [7, 11) is 0. The largest absolute Gasteiger partial charge is 0.465 e. The van der Waals surface area contributed by atoms with E-state index < -0.39 is 11.4 Å². The molecule has 0 saturated heterocycles. The van der Waals surface area contributed by atoms with Crippen molar-refractivity contribution < 1.29 is 14.3 Å². The van der Waals surface area contributed by atoms with Crippen LogP contribution >= 0.6 is 22.6 Å². The van der Waals surface area contributed by atoms with Crippen molar-refractivity contribution in [2.75, 3.05) is 6.61 Å². The minimum atomic E-state index is -0.985. The number of Topliss-reactive ketones (excluding diaryl/α,β-unsaturated/α-hetero) is 1. The fourth-order valence-electron chi connectivity index (χ4n) is 1.80. The van der Waals surface area contributed by atoms with Gasteiger partial charge in [-0.2, -0.15) is 0 Å². The molecule has 0 saturated carbocycles. The van der Waals surface area contributed by atoms with E-state index in [1.54, 1.807) is 13.8 Å². The maximum absolute atomic E-state index is 12.0. The van der Waals surface area contributed by atoms with Gasteiger partial charge in [0.1, 0.15) is 5.41 Å². The molecule has 84 valence electrons. The molecular formula is C11H15IO3. The quantitative estimate of drug-likeness (QED) is 0.446. The fraction of sp³-hybridized carbons (Fsp3) is 0.636. The zero-order valence-electron chi connectivity index (χ0n) is 9.17. The molecule has 1 aliphatic rings. The molecule has 4 heteroatoms. The third-order valence-corrected chi connectivity index (χ3v) is 3.38. The third-order valence-electron chi connectivity index (χ3n) is 2.64. The molecule has 0 spiro atoms. The second-order valence-corrected chi connectivity index (χ2v) is 5.38. The number of rotatable bonds is 2. The van der Waals surface area contributed by atoms with Crippen molar-refractivity contribution in [1.29, 1.82) is 0 Å². The van der Waals surface area contributed by atoms with E-state index in [4.69, 9.17) is 4.74 Å². The third kappa shape index (κ3) is 2.41. The highest BCUT2D eigenvalue weighted by atomic mass is 127. The lowest BCUT2D eigenvalue weighted by Crippen LogP contribution is -2.42. The first kappa shape index (κ1) is 12.7. The molecule has 0 N–H and O–H groups in total. The molecule has 0 aromatic heterocycles. The first-order valence-electron chi connectivity index (χ1n) is 4.99. The van der Waals surface area contributed by atoms with Gasteiger partial charge in [-0.15, -0.1) is 0 Å². The van der Waals surface area contributed by atoms with Gasteiger partial charge in [-0.1, -0.05) is 13.0 Å². The van der Waals surface area contributed by atoms with E-state index in [9.17, 15) is 9.59 Å². The number of hydrogen-bond donors (Lipinski definition) is 0. The predicted octanol–water partition coefficient (Wildman–Crippen LogP) is 2.48. The van der Waals surface area contributed by atoms with Crippen LogP contribution in [-0.4, -0.2) is 18.4 Å². The molecule has 0 aromatic rings. The first-order chi connectivity index (χ1) is 6.91. The van der Waals surface area contributed by atoms with Crippen molar-refractivity contribution in [3.8, 4) is 0 Å². The Hall–Kier alpha value is -0.390. The number of carbonyl (C=O) groups excluding carboxylic acids is 2. The lowest BCUT2D eigenvalue weighted by atomic mass is 9.74. The topological polar surface area (TPSA) is 43.4 Å². The Morgan fingerprint density at radius 3 is 2.87 bits per heavy atom. The highest BCUT2D eigenvalue weighted by Gasteiger charge is 2.46. The van der Waals surface area contributed by atoms with E-state index in [-0.39, 0.29) is 11.7 Å². The van der Waals surface area contributed by atoms with Crippen molar-refractivity contribution in [3.05, 3.63) is 9.66 Å². The maximum atomic E-state index is 12.0. The fourth-order valence-corrected chi connectivity index (χ4v) is 3.10. The van der Waals surface area contributed by atoms with Gasteiger partial charge in [0.2, 0.25) is 0 Å². The van der Waals surface area contributed by atoms with Crippen LogP contribution in [0, 0.1) is 11.3 Å². The van der Waals surface area contributed by atoms with Gasteiger partial charge in [0, 0.05) is 12.3 Å². The number of ketones is 1. The Labute approximate surface area is 103 Å². The van der Waals surface area contributed by atoms with Crippen molar-refractivity contribution in [1.82, 2.24) is 0 Å². The highest BCUT2D eigenvalue weighted by molar-refractivity contribution is 14.1. The van der Waals surface area contributed by atoms with Crippen LogP contribution < -0.4 is 0 Å². The van der Waals surface area contributed by atoms with E-state index in [0.29, 0.717) is 13.0 Å². The molecule has 1 rings (SSSR count). The summed E-state index contributed by atoms with van der Waals surface area (Å²) < 4.78 is 6.01. The summed E-state index contributed by atoms with van der Waals surface area (Å²) in [5.74, 6) is -0.634. The van der Waals surface area contributed by atoms with Crippen LogP contribution in [0.1, 0.15) is 27.2 Å². The average Bonchev–Trinajstić information content (AvgIpc) is 2.14. The second kappa shape index (κ2) is 4.63. The Balaban J connectivity index is 2.98. The molecule has 15 heavy (non-hydrogen) atoms. The molecule has 0 aliphatic heterocycles. The maximum Gasteiger partial charge on any atom is 0.319 e. The van der Waals surface area contributed by atoms with Gasteiger partial charge in [0.25, 0.3) is 0 Å². The van der Waals surface area contributed by atoms with Crippen molar-refractivity contribution in [2.24, 2.45) is 11.3 Å². The number of allylic oxidation sites excluding steroid dienone is 2. The monoisotopic (exact) mass is 322 g/mol. The van der Waals surface area contributed by atoms with Gasteiger partial charge in [0.05, 0.1) is 6.61 Å². The molecule has 2 unspecified atom stereocenters. The summed E-state index contributed by atoms with van der Waals surface area (Å²) in [4.78, 5) is 23.7. The molecular weight excluding hydrogens is 307 g/mol. The van der Waals surface area contributed by atoms with Gasteiger partial charge in [-0.3, -0.25) is 9.59 Å². The van der Waals surface area contributed by atoms with E-state index in [0.717, 1.165) is 3.58 Å². The SMILES string of the molecule is CCOC(=O)C1(C)CC(I)=CC(C)C1=O. The highest BCUT2D eigenvalue weighted by Crippen LogP contribution is 2.39. The zero-order chi connectivity index (χ0) is 11.6. The number of halogens is 1. The minimum Gasteiger partial charge on any atom is -0.465 e. The average molecular weight is 322 g/mol. The van der Waals surface area contributed by atoms with Gasteiger partial charge < -0.3 is 4.74 Å². The Morgan fingerprint density at radius 1 is 1.73 bits per heavy atom. The lowest BCUT2D eigenvalue weighted by Gasteiger charge is -2.31. The van der Waals surface area contributed by atoms with Crippen LogP contribution in [0.25, 0.3) is 0 Å². The van der Waals surface area contributed by atoms with E-state index in [1.807, 2.05) is 13.0 Å². The smallest absolute Gasteiger partial charge is 0.319 e. The summed E-state index contributed by atoms with van der Waals surface area (Å²) in [5.41, 5.74) is -0.985. The second-order valence-electron chi connectivity index (χ2n) is 4.00. The van der Waals surface area contributed by atoms with Gasteiger partial charge in [-0.05, 0) is 40.0 Å². The molecule has 0 fully saturated rings. The molecule has 2 atom stereocenters. The lowest BCUT2D eigenvalue weighted by molar-refractivity contribution is -0.160. The van der Waals surface area contributed by atoms with Crippen LogP contribution in [0.5, 0.6) is 0 Å². The molecule has 0 heterocycles. The molecule has 1 aliphatic carbocycles. The molecule has 0 bridgehead atoms. The van der Waals surface area contributed by atoms with Crippen LogP contribution in [0.15, 0.2) is 9.66 Å². The number of hydrogen-bond acceptors (Lipinski definition) is 3. The number of ether oxygens (including phenoxy) is 1. The molecule has 0 amide bonds. The summed E-state index contributed by atoms with van der Waals surface area (Å²) in [6.45, 7) is 5.56. The van der Waals surface area contributed by atoms with Gasteiger partial charge in [0.15, 0.2) is 5.78 Å². The molecule has 3 nitrogen and oxygen atoms in total. The van der Waals surface area contributed by atoms with Crippen LogP contribution in [0.4, 0.5) is 0 Å². The number of esters is 1. The first-order valence-corrected chi connectivity index (χ1v) is 6.07.